The third kappa shape index (κ3) is 2.78. The van der Waals surface area contributed by atoms with Crippen LogP contribution in [0.1, 0.15) is 12.6 Å². The third-order valence-electron chi connectivity index (χ3n) is 3.32. The van der Waals surface area contributed by atoms with Crippen molar-refractivity contribution in [3.8, 4) is 5.69 Å². The number of halogens is 1. The topological polar surface area (TPSA) is 47.7 Å². The lowest BCUT2D eigenvalue weighted by molar-refractivity contribution is 0.719. The zero-order valence-electron chi connectivity index (χ0n) is 11.7. The van der Waals surface area contributed by atoms with Gasteiger partial charge in [-0.2, -0.15) is 5.10 Å². The third-order valence-corrected chi connectivity index (χ3v) is 3.62. The van der Waals surface area contributed by atoms with Crippen molar-refractivity contribution in [1.82, 2.24) is 19.3 Å². The number of aryl methyl sites for hydroxylation is 1. The van der Waals surface area contributed by atoms with E-state index >= 15 is 0 Å². The summed E-state index contributed by atoms with van der Waals surface area (Å²) in [7, 11) is 0. The second kappa shape index (κ2) is 6.01. The van der Waals surface area contributed by atoms with Gasteiger partial charge in [0.1, 0.15) is 5.69 Å². The van der Waals surface area contributed by atoms with Gasteiger partial charge in [-0.05, 0) is 25.1 Å². The van der Waals surface area contributed by atoms with Crippen LogP contribution in [-0.4, -0.2) is 19.3 Å². The smallest absolute Gasteiger partial charge is 0.106 e. The standard InChI is InChI=1S/C15H16ClN5/c1-2-20-11-17-9-12(20)10-18-14-6-3-5-13(16)15(14)21-8-4-7-19-21/h3-9,11,18H,2,10H2,1H3. The Labute approximate surface area is 128 Å². The van der Waals surface area contributed by atoms with E-state index in [1.54, 1.807) is 10.9 Å². The molecule has 1 aromatic carbocycles. The molecule has 2 heterocycles. The van der Waals surface area contributed by atoms with Gasteiger partial charge < -0.3 is 9.88 Å². The molecular weight excluding hydrogens is 286 g/mol. The molecule has 0 spiro atoms. The van der Waals surface area contributed by atoms with Crippen molar-refractivity contribution in [2.24, 2.45) is 0 Å². The Kier molecular flexibility index (Phi) is 3.92. The molecule has 0 aliphatic heterocycles. The van der Waals surface area contributed by atoms with Crippen LogP contribution in [0, 0.1) is 0 Å². The molecule has 1 N–H and O–H groups in total. The summed E-state index contributed by atoms with van der Waals surface area (Å²) in [5.74, 6) is 0. The molecule has 2 aromatic heterocycles. The number of nitrogens with zero attached hydrogens (tertiary/aromatic N) is 4. The first kappa shape index (κ1) is 13.7. The molecule has 0 fully saturated rings. The number of imidazole rings is 1. The van der Waals surface area contributed by atoms with Crippen molar-refractivity contribution in [3.05, 3.63) is 59.9 Å². The number of hydrogen-bond donors (Lipinski definition) is 1. The summed E-state index contributed by atoms with van der Waals surface area (Å²) in [5.41, 5.74) is 2.92. The summed E-state index contributed by atoms with van der Waals surface area (Å²) in [6.07, 6.45) is 7.32. The second-order valence-corrected chi connectivity index (χ2v) is 5.02. The Hall–Kier alpha value is -2.27. The highest BCUT2D eigenvalue weighted by molar-refractivity contribution is 6.33. The summed E-state index contributed by atoms with van der Waals surface area (Å²) >= 11 is 6.32. The van der Waals surface area contributed by atoms with Gasteiger partial charge in [-0.25, -0.2) is 9.67 Å². The lowest BCUT2D eigenvalue weighted by atomic mass is 10.2. The molecule has 0 bridgehead atoms. The lowest BCUT2D eigenvalue weighted by Gasteiger charge is -2.14. The van der Waals surface area contributed by atoms with Crippen molar-refractivity contribution in [2.75, 3.05) is 5.32 Å². The minimum atomic E-state index is 0.660. The Morgan fingerprint density at radius 2 is 2.19 bits per heavy atom. The second-order valence-electron chi connectivity index (χ2n) is 4.61. The largest absolute Gasteiger partial charge is 0.378 e. The minimum Gasteiger partial charge on any atom is -0.378 e. The van der Waals surface area contributed by atoms with E-state index in [0.29, 0.717) is 11.6 Å². The van der Waals surface area contributed by atoms with Crippen LogP contribution in [0.25, 0.3) is 5.69 Å². The highest BCUT2D eigenvalue weighted by Crippen LogP contribution is 2.28. The Morgan fingerprint density at radius 3 is 2.95 bits per heavy atom. The average Bonchev–Trinajstić information content (AvgIpc) is 3.16. The molecule has 3 rings (SSSR count). The fourth-order valence-electron chi connectivity index (χ4n) is 2.26. The van der Waals surface area contributed by atoms with Gasteiger partial charge in [0, 0.05) is 25.1 Å². The monoisotopic (exact) mass is 301 g/mol. The Morgan fingerprint density at radius 1 is 1.29 bits per heavy atom. The number of nitrogens with one attached hydrogen (secondary N) is 1. The molecule has 108 valence electrons. The molecule has 0 saturated heterocycles. The van der Waals surface area contributed by atoms with Crippen LogP contribution in [-0.2, 0) is 13.1 Å². The van der Waals surface area contributed by atoms with Crippen LogP contribution in [0.5, 0.6) is 0 Å². The van der Waals surface area contributed by atoms with Gasteiger partial charge in [-0.3, -0.25) is 0 Å². The van der Waals surface area contributed by atoms with E-state index in [2.05, 4.69) is 26.9 Å². The molecule has 0 amide bonds. The predicted molar refractivity (Wildman–Crippen MR) is 83.8 cm³/mol. The van der Waals surface area contributed by atoms with Crippen molar-refractivity contribution >= 4 is 17.3 Å². The maximum atomic E-state index is 6.32. The molecule has 0 aliphatic rings. The van der Waals surface area contributed by atoms with Crippen LogP contribution in [0.4, 0.5) is 5.69 Å². The highest BCUT2D eigenvalue weighted by atomic mass is 35.5. The molecule has 6 heteroatoms. The van der Waals surface area contributed by atoms with Crippen molar-refractivity contribution in [1.29, 1.82) is 0 Å². The van der Waals surface area contributed by atoms with Gasteiger partial charge in [0.25, 0.3) is 0 Å². The highest BCUT2D eigenvalue weighted by Gasteiger charge is 2.10. The molecule has 5 nitrogen and oxygen atoms in total. The molecule has 0 unspecified atom stereocenters. The fraction of sp³-hybridized carbons (Fsp3) is 0.200. The number of aromatic nitrogens is 4. The van der Waals surface area contributed by atoms with Crippen LogP contribution in [0.2, 0.25) is 5.02 Å². The molecule has 0 saturated carbocycles. The number of benzene rings is 1. The first-order valence-electron chi connectivity index (χ1n) is 6.81. The van der Waals surface area contributed by atoms with Gasteiger partial charge in [0.05, 0.1) is 29.3 Å². The number of rotatable bonds is 5. The number of hydrogen-bond acceptors (Lipinski definition) is 3. The van der Waals surface area contributed by atoms with E-state index in [-0.39, 0.29) is 0 Å². The maximum Gasteiger partial charge on any atom is 0.106 e. The zero-order chi connectivity index (χ0) is 14.7. The van der Waals surface area contributed by atoms with Gasteiger partial charge >= 0.3 is 0 Å². The zero-order valence-corrected chi connectivity index (χ0v) is 12.5. The summed E-state index contributed by atoms with van der Waals surface area (Å²) < 4.78 is 3.87. The van der Waals surface area contributed by atoms with Crippen molar-refractivity contribution < 1.29 is 0 Å². The van der Waals surface area contributed by atoms with E-state index in [4.69, 9.17) is 11.6 Å². The molecule has 0 atom stereocenters. The van der Waals surface area contributed by atoms with Gasteiger partial charge in [-0.15, -0.1) is 0 Å². The average molecular weight is 302 g/mol. The number of para-hydroxylation sites is 1. The van der Waals surface area contributed by atoms with Crippen LogP contribution >= 0.6 is 11.6 Å². The summed E-state index contributed by atoms with van der Waals surface area (Å²) in [6.45, 7) is 3.68. The van der Waals surface area contributed by atoms with Crippen LogP contribution in [0.3, 0.4) is 0 Å². The maximum absolute atomic E-state index is 6.32. The van der Waals surface area contributed by atoms with E-state index in [0.717, 1.165) is 23.6 Å². The molecular formula is C15H16ClN5. The van der Waals surface area contributed by atoms with E-state index in [9.17, 15) is 0 Å². The van der Waals surface area contributed by atoms with Gasteiger partial charge in [0.15, 0.2) is 0 Å². The first-order chi connectivity index (χ1) is 10.3. The molecule has 3 aromatic rings. The summed E-state index contributed by atoms with van der Waals surface area (Å²) in [4.78, 5) is 4.17. The molecule has 21 heavy (non-hydrogen) atoms. The lowest BCUT2D eigenvalue weighted by Crippen LogP contribution is -2.08. The first-order valence-corrected chi connectivity index (χ1v) is 7.18. The van der Waals surface area contributed by atoms with Crippen molar-refractivity contribution in [2.45, 2.75) is 20.0 Å². The SMILES string of the molecule is CCn1cncc1CNc1cccc(Cl)c1-n1cccn1. The van der Waals surface area contributed by atoms with E-state index in [1.807, 2.05) is 43.0 Å². The quantitative estimate of drug-likeness (QED) is 0.786. The summed E-state index contributed by atoms with van der Waals surface area (Å²) in [5, 5.41) is 8.33. The van der Waals surface area contributed by atoms with E-state index in [1.165, 1.54) is 0 Å². The Balaban J connectivity index is 1.88. The van der Waals surface area contributed by atoms with Crippen molar-refractivity contribution in [3.63, 3.8) is 0 Å². The predicted octanol–water partition coefficient (Wildman–Crippen LogP) is 3.35. The number of anilines is 1. The molecule has 0 aliphatic carbocycles. The Bertz CT molecular complexity index is 718. The summed E-state index contributed by atoms with van der Waals surface area (Å²) in [6, 6.07) is 7.66. The molecule has 0 radical (unpaired) electrons. The van der Waals surface area contributed by atoms with Gasteiger partial charge in [-0.1, -0.05) is 17.7 Å². The fourth-order valence-corrected chi connectivity index (χ4v) is 2.52. The van der Waals surface area contributed by atoms with Crippen LogP contribution < -0.4 is 5.32 Å². The van der Waals surface area contributed by atoms with Gasteiger partial charge in [0.2, 0.25) is 0 Å². The normalized spacial score (nSPS) is 10.8. The van der Waals surface area contributed by atoms with E-state index < -0.39 is 0 Å². The van der Waals surface area contributed by atoms with Crippen LogP contribution in [0.15, 0.2) is 49.2 Å². The minimum absolute atomic E-state index is 0.660.